The molecule has 0 saturated carbocycles. The van der Waals surface area contributed by atoms with Crippen LogP contribution in [0.5, 0.6) is 0 Å². The molecule has 0 fully saturated rings. The zero-order valence-corrected chi connectivity index (χ0v) is 13.4. The van der Waals surface area contributed by atoms with Gasteiger partial charge in [0, 0.05) is 22.2 Å². The minimum Gasteiger partial charge on any atom is -0.378 e. The summed E-state index contributed by atoms with van der Waals surface area (Å²) in [7, 11) is 0. The van der Waals surface area contributed by atoms with E-state index in [0.717, 1.165) is 20.8 Å². The fourth-order valence-electron chi connectivity index (χ4n) is 1.71. The van der Waals surface area contributed by atoms with Crippen molar-refractivity contribution < 1.29 is 0 Å². The summed E-state index contributed by atoms with van der Waals surface area (Å²) in [6.45, 7) is 0.603. The van der Waals surface area contributed by atoms with Gasteiger partial charge in [-0.25, -0.2) is 4.98 Å². The number of anilines is 1. The molecule has 7 heteroatoms. The maximum absolute atomic E-state index is 6.17. The summed E-state index contributed by atoms with van der Waals surface area (Å²) in [4.78, 5) is 5.47. The quantitative estimate of drug-likeness (QED) is 0.646. The number of fused-ring (bicyclic) bond motifs is 1. The zero-order valence-electron chi connectivity index (χ0n) is 9.53. The van der Waals surface area contributed by atoms with Crippen molar-refractivity contribution in [2.45, 2.75) is 6.54 Å². The second-order valence-corrected chi connectivity index (χ2v) is 6.38. The van der Waals surface area contributed by atoms with Gasteiger partial charge in [0.15, 0.2) is 4.96 Å². The molecular weight excluding hydrogens is 369 g/mol. The molecule has 3 nitrogen and oxygen atoms in total. The predicted octanol–water partition coefficient (Wildman–Crippen LogP) is 5.08. The van der Waals surface area contributed by atoms with Gasteiger partial charge in [-0.3, -0.25) is 4.40 Å². The van der Waals surface area contributed by atoms with E-state index in [0.29, 0.717) is 16.6 Å². The van der Waals surface area contributed by atoms with E-state index in [1.165, 1.54) is 0 Å². The van der Waals surface area contributed by atoms with E-state index in [4.69, 9.17) is 23.2 Å². The zero-order chi connectivity index (χ0) is 13.4. The predicted molar refractivity (Wildman–Crippen MR) is 84.6 cm³/mol. The Kier molecular flexibility index (Phi) is 3.71. The maximum Gasteiger partial charge on any atom is 0.193 e. The summed E-state index contributed by atoms with van der Waals surface area (Å²) >= 11 is 17.2. The van der Waals surface area contributed by atoms with Crippen LogP contribution in [0.3, 0.4) is 0 Å². The highest BCUT2D eigenvalue weighted by Gasteiger charge is 2.09. The van der Waals surface area contributed by atoms with Gasteiger partial charge in [0.1, 0.15) is 0 Å². The van der Waals surface area contributed by atoms with Crippen LogP contribution in [-0.2, 0) is 6.54 Å². The normalized spacial score (nSPS) is 11.1. The number of nitrogens with one attached hydrogen (secondary N) is 1. The molecule has 0 saturated heterocycles. The molecule has 0 aliphatic carbocycles. The van der Waals surface area contributed by atoms with E-state index in [1.807, 2.05) is 34.3 Å². The van der Waals surface area contributed by atoms with E-state index >= 15 is 0 Å². The molecule has 0 spiro atoms. The van der Waals surface area contributed by atoms with Crippen molar-refractivity contribution in [2.75, 3.05) is 5.32 Å². The lowest BCUT2D eigenvalue weighted by molar-refractivity contribution is 1.08. The molecule has 2 aromatic heterocycles. The van der Waals surface area contributed by atoms with Crippen molar-refractivity contribution in [3.05, 3.63) is 50.1 Å². The second kappa shape index (κ2) is 5.32. The van der Waals surface area contributed by atoms with E-state index in [2.05, 4.69) is 26.2 Å². The number of thiazole rings is 1. The molecule has 0 radical (unpaired) electrons. The summed E-state index contributed by atoms with van der Waals surface area (Å²) in [5.74, 6) is 0. The fourth-order valence-corrected chi connectivity index (χ4v) is 3.27. The Labute approximate surface area is 132 Å². The van der Waals surface area contributed by atoms with Crippen LogP contribution < -0.4 is 5.32 Å². The van der Waals surface area contributed by atoms with Gasteiger partial charge in [0.05, 0.1) is 28.0 Å². The molecule has 3 rings (SSSR count). The topological polar surface area (TPSA) is 29.3 Å². The third kappa shape index (κ3) is 2.60. The first-order chi connectivity index (χ1) is 9.15. The highest BCUT2D eigenvalue weighted by Crippen LogP contribution is 2.35. The lowest BCUT2D eigenvalue weighted by Crippen LogP contribution is -2.00. The summed E-state index contributed by atoms with van der Waals surface area (Å²) in [6, 6.07) is 3.75. The monoisotopic (exact) mass is 375 g/mol. The average molecular weight is 377 g/mol. The number of aromatic nitrogens is 2. The Balaban J connectivity index is 1.79. The van der Waals surface area contributed by atoms with Crippen molar-refractivity contribution >= 4 is 61.1 Å². The molecule has 0 unspecified atom stereocenters. The third-order valence-corrected chi connectivity index (χ3v) is 5.18. The second-order valence-electron chi connectivity index (χ2n) is 3.90. The summed E-state index contributed by atoms with van der Waals surface area (Å²) in [5, 5.41) is 6.27. The standard InChI is InChI=1S/C12H8BrCl2N3S/c13-8-1-2-9(11(15)10(8)14)16-5-7-6-18-3-4-19-12(18)17-7/h1-4,6,16H,5H2. The van der Waals surface area contributed by atoms with Gasteiger partial charge in [0.25, 0.3) is 0 Å². The Morgan fingerprint density at radius 1 is 1.32 bits per heavy atom. The van der Waals surface area contributed by atoms with E-state index in [-0.39, 0.29) is 0 Å². The summed E-state index contributed by atoms with van der Waals surface area (Å²) in [5.41, 5.74) is 1.76. The fraction of sp³-hybridized carbons (Fsp3) is 0.0833. The molecule has 1 N–H and O–H groups in total. The van der Waals surface area contributed by atoms with Gasteiger partial charge in [-0.05, 0) is 28.1 Å². The van der Waals surface area contributed by atoms with E-state index in [9.17, 15) is 0 Å². The van der Waals surface area contributed by atoms with Gasteiger partial charge >= 0.3 is 0 Å². The van der Waals surface area contributed by atoms with Gasteiger partial charge in [0.2, 0.25) is 0 Å². The highest BCUT2D eigenvalue weighted by atomic mass is 79.9. The highest BCUT2D eigenvalue weighted by molar-refractivity contribution is 9.10. The molecule has 0 atom stereocenters. The number of benzene rings is 1. The molecule has 0 aliphatic rings. The van der Waals surface area contributed by atoms with Gasteiger partial charge in [-0.15, -0.1) is 11.3 Å². The van der Waals surface area contributed by atoms with Crippen LogP contribution in [0.4, 0.5) is 5.69 Å². The third-order valence-electron chi connectivity index (χ3n) is 2.64. The molecule has 98 valence electrons. The van der Waals surface area contributed by atoms with Crippen molar-refractivity contribution in [1.82, 2.24) is 9.38 Å². The minimum atomic E-state index is 0.511. The minimum absolute atomic E-state index is 0.511. The van der Waals surface area contributed by atoms with Crippen LogP contribution in [0.2, 0.25) is 10.0 Å². The van der Waals surface area contributed by atoms with Crippen LogP contribution in [0.1, 0.15) is 5.69 Å². The molecule has 0 amide bonds. The van der Waals surface area contributed by atoms with E-state index in [1.54, 1.807) is 11.3 Å². The lowest BCUT2D eigenvalue weighted by Gasteiger charge is -2.09. The van der Waals surface area contributed by atoms with Gasteiger partial charge < -0.3 is 5.32 Å². The van der Waals surface area contributed by atoms with Crippen LogP contribution in [0.25, 0.3) is 4.96 Å². The summed E-state index contributed by atoms with van der Waals surface area (Å²) in [6.07, 6.45) is 3.98. The Hall–Kier alpha value is -0.750. The molecule has 2 heterocycles. The number of halogens is 3. The van der Waals surface area contributed by atoms with E-state index < -0.39 is 0 Å². The Morgan fingerprint density at radius 3 is 2.95 bits per heavy atom. The molecule has 1 aromatic carbocycles. The largest absolute Gasteiger partial charge is 0.378 e. The number of hydrogen-bond acceptors (Lipinski definition) is 3. The number of hydrogen-bond donors (Lipinski definition) is 1. The van der Waals surface area contributed by atoms with Crippen LogP contribution in [0, 0.1) is 0 Å². The van der Waals surface area contributed by atoms with Gasteiger partial charge in [-0.1, -0.05) is 23.2 Å². The molecule has 0 bridgehead atoms. The lowest BCUT2D eigenvalue weighted by atomic mass is 10.3. The first-order valence-corrected chi connectivity index (χ1v) is 7.86. The van der Waals surface area contributed by atoms with Crippen molar-refractivity contribution in [3.8, 4) is 0 Å². The number of imidazole rings is 1. The molecule has 0 aliphatic heterocycles. The number of rotatable bonds is 3. The molecule has 3 aromatic rings. The SMILES string of the molecule is Clc1c(Br)ccc(NCc2cn3ccsc3n2)c1Cl. The molecular formula is C12H8BrCl2N3S. The van der Waals surface area contributed by atoms with Crippen LogP contribution >= 0.6 is 50.5 Å². The first-order valence-electron chi connectivity index (χ1n) is 5.43. The Morgan fingerprint density at radius 2 is 2.16 bits per heavy atom. The van der Waals surface area contributed by atoms with Gasteiger partial charge in [-0.2, -0.15) is 0 Å². The van der Waals surface area contributed by atoms with Crippen molar-refractivity contribution in [2.24, 2.45) is 0 Å². The smallest absolute Gasteiger partial charge is 0.193 e. The van der Waals surface area contributed by atoms with Crippen LogP contribution in [0.15, 0.2) is 34.4 Å². The maximum atomic E-state index is 6.17. The van der Waals surface area contributed by atoms with Crippen LogP contribution in [-0.4, -0.2) is 9.38 Å². The number of nitrogens with zero attached hydrogens (tertiary/aromatic N) is 2. The van der Waals surface area contributed by atoms with Crippen molar-refractivity contribution in [3.63, 3.8) is 0 Å². The van der Waals surface area contributed by atoms with Crippen molar-refractivity contribution in [1.29, 1.82) is 0 Å². The average Bonchev–Trinajstić information content (AvgIpc) is 2.96. The Bertz CT molecular complexity index is 709. The molecule has 19 heavy (non-hydrogen) atoms. The first kappa shape index (κ1) is 13.2. The summed E-state index contributed by atoms with van der Waals surface area (Å²) < 4.78 is 2.78.